The van der Waals surface area contributed by atoms with Crippen LogP contribution < -0.4 is 5.32 Å². The Balaban J connectivity index is 4.44. The third-order valence-electron chi connectivity index (χ3n) is 9.27. The lowest BCUT2D eigenvalue weighted by Crippen LogP contribution is -2.45. The molecule has 58 heavy (non-hydrogen) atoms. The number of likely N-dealkylation sites (N-methyl/N-ethyl adjacent to an activating group) is 1. The molecule has 8 nitrogen and oxygen atoms in total. The third-order valence-corrected chi connectivity index (χ3v) is 10.2. The molecule has 0 spiro atoms. The van der Waals surface area contributed by atoms with E-state index in [1.807, 2.05) is 27.2 Å². The van der Waals surface area contributed by atoms with E-state index < -0.39 is 20.0 Å². The largest absolute Gasteiger partial charge is 0.472 e. The highest BCUT2D eigenvalue weighted by Gasteiger charge is 2.27. The highest BCUT2D eigenvalue weighted by atomic mass is 31.2. The summed E-state index contributed by atoms with van der Waals surface area (Å²) in [5.41, 5.74) is 0. The van der Waals surface area contributed by atoms with Crippen LogP contribution in [0.15, 0.2) is 97.2 Å². The summed E-state index contributed by atoms with van der Waals surface area (Å²) in [5, 5.41) is 13.8. The molecule has 9 heteroatoms. The molecule has 0 heterocycles. The average molecular weight is 830 g/mol. The number of amides is 1. The van der Waals surface area contributed by atoms with Gasteiger partial charge in [-0.15, -0.1) is 0 Å². The summed E-state index contributed by atoms with van der Waals surface area (Å²) in [7, 11) is 1.52. The van der Waals surface area contributed by atoms with Crippen molar-refractivity contribution in [1.82, 2.24) is 5.32 Å². The summed E-state index contributed by atoms with van der Waals surface area (Å²) in [4.78, 5) is 23.1. The lowest BCUT2D eigenvalue weighted by Gasteiger charge is -2.25. The molecule has 0 aliphatic rings. The SMILES string of the molecule is CC/C=C\C/C=C\C/C=C\C/C=C\C/C=C\CCCCCCCCCC(=O)NC(COP(=O)(O)OCC[N+](C)(C)C)C(O)/C=C/CC/C=C/CC/C=C/CCCCC. The van der Waals surface area contributed by atoms with Crippen LogP contribution in [0.3, 0.4) is 0 Å². The fourth-order valence-corrected chi connectivity index (χ4v) is 6.42. The molecule has 0 fully saturated rings. The minimum Gasteiger partial charge on any atom is -0.387 e. The smallest absolute Gasteiger partial charge is 0.387 e. The van der Waals surface area contributed by atoms with Crippen molar-refractivity contribution in [3.8, 4) is 0 Å². The van der Waals surface area contributed by atoms with Gasteiger partial charge in [-0.3, -0.25) is 13.8 Å². The van der Waals surface area contributed by atoms with Crippen molar-refractivity contribution in [3.63, 3.8) is 0 Å². The van der Waals surface area contributed by atoms with E-state index in [4.69, 9.17) is 9.05 Å². The van der Waals surface area contributed by atoms with Gasteiger partial charge in [0.15, 0.2) is 0 Å². The molecule has 0 aromatic carbocycles. The van der Waals surface area contributed by atoms with Crippen LogP contribution in [-0.2, 0) is 18.4 Å². The van der Waals surface area contributed by atoms with E-state index in [1.54, 1.807) is 6.08 Å². The molecule has 0 aliphatic heterocycles. The summed E-state index contributed by atoms with van der Waals surface area (Å²) in [6.07, 6.45) is 56.2. The number of allylic oxidation sites excluding steroid dienone is 15. The molecule has 0 bridgehead atoms. The molecule has 0 aromatic rings. The Hall–Kier alpha value is -2.58. The van der Waals surface area contributed by atoms with Gasteiger partial charge in [-0.2, -0.15) is 0 Å². The molecule has 332 valence electrons. The number of nitrogens with zero attached hydrogens (tertiary/aromatic N) is 1. The first kappa shape index (κ1) is 55.4. The summed E-state index contributed by atoms with van der Waals surface area (Å²) >= 11 is 0. The van der Waals surface area contributed by atoms with Crippen LogP contribution in [0.1, 0.15) is 155 Å². The molecule has 0 saturated carbocycles. The number of phosphoric ester groups is 1. The Labute approximate surface area is 356 Å². The van der Waals surface area contributed by atoms with Gasteiger partial charge in [0.05, 0.1) is 39.9 Å². The predicted octanol–water partition coefficient (Wildman–Crippen LogP) is 12.7. The van der Waals surface area contributed by atoms with Crippen molar-refractivity contribution in [3.05, 3.63) is 97.2 Å². The van der Waals surface area contributed by atoms with Gasteiger partial charge in [-0.25, -0.2) is 4.57 Å². The highest BCUT2D eigenvalue weighted by molar-refractivity contribution is 7.47. The van der Waals surface area contributed by atoms with Crippen molar-refractivity contribution in [1.29, 1.82) is 0 Å². The number of unbranched alkanes of at least 4 members (excludes halogenated alkanes) is 12. The Bertz CT molecular complexity index is 1260. The maximum Gasteiger partial charge on any atom is 0.472 e. The fourth-order valence-electron chi connectivity index (χ4n) is 5.68. The Kier molecular flexibility index (Phi) is 38.1. The van der Waals surface area contributed by atoms with E-state index in [-0.39, 0.29) is 19.1 Å². The zero-order chi connectivity index (χ0) is 42.8. The average Bonchev–Trinajstić information content (AvgIpc) is 3.17. The van der Waals surface area contributed by atoms with E-state index in [1.165, 1.54) is 38.5 Å². The standard InChI is InChI=1S/C49H85N2O6P/c1-6-8-10-12-14-16-18-20-21-22-23-24-25-26-27-28-29-31-33-35-37-39-41-43-49(53)50-47(46-57-58(54,55)56-45-44-51(3,4)5)48(52)42-40-38-36-34-32-30-19-17-15-13-11-9-7-2/h8,10,14-17,20-21,23-24,26-27,32,34,40,42,47-48,52H,6-7,9,11-13,18-19,22,25,28-31,33,35-39,41,43-46H2,1-5H3,(H-,50,53,54,55)/p+1/b10-8-,16-14-,17-15+,21-20-,24-23-,27-26-,34-32+,42-40+. The number of hydrogen-bond acceptors (Lipinski definition) is 5. The van der Waals surface area contributed by atoms with Crippen molar-refractivity contribution >= 4 is 13.7 Å². The summed E-state index contributed by atoms with van der Waals surface area (Å²) in [6.45, 7) is 4.60. The molecule has 0 saturated heterocycles. The monoisotopic (exact) mass is 830 g/mol. The molecular weight excluding hydrogens is 744 g/mol. The predicted molar refractivity (Wildman–Crippen MR) is 249 cm³/mol. The minimum atomic E-state index is -4.36. The fraction of sp³-hybridized carbons (Fsp3) is 0.653. The Morgan fingerprint density at radius 2 is 1.05 bits per heavy atom. The van der Waals surface area contributed by atoms with Gasteiger partial charge in [0.2, 0.25) is 5.91 Å². The first-order valence-corrected chi connectivity index (χ1v) is 24.1. The van der Waals surface area contributed by atoms with Crippen LogP contribution in [0.4, 0.5) is 0 Å². The van der Waals surface area contributed by atoms with Gasteiger partial charge in [0.1, 0.15) is 13.2 Å². The number of rotatable bonds is 39. The summed E-state index contributed by atoms with van der Waals surface area (Å²) < 4.78 is 23.5. The van der Waals surface area contributed by atoms with E-state index in [0.29, 0.717) is 17.4 Å². The molecule has 0 aliphatic carbocycles. The van der Waals surface area contributed by atoms with Crippen LogP contribution in [-0.4, -0.2) is 73.4 Å². The minimum absolute atomic E-state index is 0.0455. The molecular formula is C49H86N2O6P+. The van der Waals surface area contributed by atoms with Crippen LogP contribution in [0.5, 0.6) is 0 Å². The van der Waals surface area contributed by atoms with E-state index in [9.17, 15) is 19.4 Å². The van der Waals surface area contributed by atoms with Gasteiger partial charge < -0.3 is 19.8 Å². The molecule has 1 amide bonds. The second-order valence-corrected chi connectivity index (χ2v) is 17.5. The lowest BCUT2D eigenvalue weighted by atomic mass is 10.1. The Morgan fingerprint density at radius 3 is 1.59 bits per heavy atom. The van der Waals surface area contributed by atoms with Crippen LogP contribution >= 0.6 is 7.82 Å². The van der Waals surface area contributed by atoms with Gasteiger partial charge in [0, 0.05) is 6.42 Å². The van der Waals surface area contributed by atoms with Gasteiger partial charge in [0.25, 0.3) is 0 Å². The van der Waals surface area contributed by atoms with Crippen molar-refractivity contribution in [2.24, 2.45) is 0 Å². The van der Waals surface area contributed by atoms with Gasteiger partial charge in [-0.05, 0) is 89.9 Å². The molecule has 3 N–H and O–H groups in total. The topological polar surface area (TPSA) is 105 Å². The molecule has 0 radical (unpaired) electrons. The highest BCUT2D eigenvalue weighted by Crippen LogP contribution is 2.43. The molecule has 0 rings (SSSR count). The number of nitrogens with one attached hydrogen (secondary N) is 1. The van der Waals surface area contributed by atoms with Crippen molar-refractivity contribution in [2.75, 3.05) is 40.9 Å². The van der Waals surface area contributed by atoms with Crippen LogP contribution in [0.25, 0.3) is 0 Å². The van der Waals surface area contributed by atoms with Gasteiger partial charge >= 0.3 is 7.82 Å². The lowest BCUT2D eigenvalue weighted by molar-refractivity contribution is -0.870. The maximum absolute atomic E-state index is 12.9. The number of phosphoric acid groups is 1. The van der Waals surface area contributed by atoms with E-state index in [2.05, 4.69) is 104 Å². The molecule has 3 unspecified atom stereocenters. The zero-order valence-electron chi connectivity index (χ0n) is 37.5. The van der Waals surface area contributed by atoms with E-state index >= 15 is 0 Å². The quantitative estimate of drug-likeness (QED) is 0.0247. The first-order valence-electron chi connectivity index (χ1n) is 22.6. The van der Waals surface area contributed by atoms with Crippen molar-refractivity contribution < 1.29 is 32.9 Å². The van der Waals surface area contributed by atoms with E-state index in [0.717, 1.165) is 96.3 Å². The Morgan fingerprint density at radius 1 is 0.603 bits per heavy atom. The second-order valence-electron chi connectivity index (χ2n) is 16.0. The third kappa shape index (κ3) is 41.6. The first-order chi connectivity index (χ1) is 28.0. The maximum atomic E-state index is 12.9. The number of carbonyl (C=O) groups excluding carboxylic acids is 1. The molecule has 3 atom stereocenters. The number of carbonyl (C=O) groups is 1. The van der Waals surface area contributed by atoms with Crippen molar-refractivity contribution in [2.45, 2.75) is 167 Å². The number of aliphatic hydroxyl groups excluding tert-OH is 1. The number of aliphatic hydroxyl groups is 1. The molecule has 0 aromatic heterocycles. The number of hydrogen-bond donors (Lipinski definition) is 3. The second kappa shape index (κ2) is 39.9. The summed E-state index contributed by atoms with van der Waals surface area (Å²) in [6, 6.07) is -0.881. The normalized spacial score (nSPS) is 15.2. The van der Waals surface area contributed by atoms with Gasteiger partial charge in [-0.1, -0.05) is 156 Å². The summed E-state index contributed by atoms with van der Waals surface area (Å²) in [5.74, 6) is -0.209. The van der Waals surface area contributed by atoms with Crippen LogP contribution in [0.2, 0.25) is 0 Å². The zero-order valence-corrected chi connectivity index (χ0v) is 38.4. The van der Waals surface area contributed by atoms with Crippen LogP contribution in [0, 0.1) is 0 Å². The number of quaternary nitrogens is 1.